The first-order chi connectivity index (χ1) is 11.2. The van der Waals surface area contributed by atoms with Crippen LogP contribution in [-0.2, 0) is 7.05 Å². The Morgan fingerprint density at radius 2 is 2.17 bits per heavy atom. The number of ether oxygens (including phenoxy) is 1. The van der Waals surface area contributed by atoms with Crippen LogP contribution in [0.4, 0.5) is 0 Å². The second kappa shape index (κ2) is 5.66. The van der Waals surface area contributed by atoms with Gasteiger partial charge in [-0.15, -0.1) is 0 Å². The number of nitrogens with one attached hydrogen (secondary N) is 1. The molecular formula is C16H20N6O. The third-order valence-corrected chi connectivity index (χ3v) is 4.43. The van der Waals surface area contributed by atoms with Crippen molar-refractivity contribution in [1.82, 2.24) is 29.7 Å². The van der Waals surface area contributed by atoms with E-state index in [0.29, 0.717) is 11.9 Å². The van der Waals surface area contributed by atoms with E-state index in [0.717, 1.165) is 36.0 Å². The van der Waals surface area contributed by atoms with Gasteiger partial charge in [-0.1, -0.05) is 0 Å². The molecule has 3 aromatic heterocycles. The van der Waals surface area contributed by atoms with Crippen LogP contribution >= 0.6 is 0 Å². The van der Waals surface area contributed by atoms with E-state index in [9.17, 15) is 0 Å². The van der Waals surface area contributed by atoms with Crippen LogP contribution in [0.5, 0.6) is 5.88 Å². The van der Waals surface area contributed by atoms with Crippen molar-refractivity contribution >= 4 is 5.52 Å². The summed E-state index contributed by atoms with van der Waals surface area (Å²) in [7, 11) is 3.90. The van der Waals surface area contributed by atoms with E-state index in [1.807, 2.05) is 37.1 Å². The zero-order valence-electron chi connectivity index (χ0n) is 13.3. The fraction of sp³-hybridized carbons (Fsp3) is 0.438. The molecule has 1 aliphatic carbocycles. The molecule has 0 aromatic carbocycles. The third kappa shape index (κ3) is 2.68. The summed E-state index contributed by atoms with van der Waals surface area (Å²) in [4.78, 5) is 4.71. The van der Waals surface area contributed by atoms with Gasteiger partial charge in [0.15, 0.2) is 0 Å². The zero-order valence-corrected chi connectivity index (χ0v) is 13.3. The highest BCUT2D eigenvalue weighted by molar-refractivity contribution is 5.63. The van der Waals surface area contributed by atoms with Crippen molar-refractivity contribution in [3.63, 3.8) is 0 Å². The lowest BCUT2D eigenvalue weighted by Crippen LogP contribution is -2.23. The molecule has 7 heteroatoms. The Bertz CT molecular complexity index is 823. The third-order valence-electron chi connectivity index (χ3n) is 4.43. The van der Waals surface area contributed by atoms with Crippen LogP contribution in [-0.4, -0.2) is 43.6 Å². The highest BCUT2D eigenvalue weighted by Crippen LogP contribution is 2.28. The normalized spacial score (nSPS) is 21.1. The number of fused-ring (bicyclic) bond motifs is 1. The van der Waals surface area contributed by atoms with Crippen molar-refractivity contribution in [3.8, 4) is 17.1 Å². The van der Waals surface area contributed by atoms with Gasteiger partial charge >= 0.3 is 0 Å². The Balaban J connectivity index is 1.69. The molecule has 7 nitrogen and oxygen atoms in total. The lowest BCUT2D eigenvalue weighted by molar-refractivity contribution is 0.200. The molecule has 0 saturated heterocycles. The highest BCUT2D eigenvalue weighted by atomic mass is 16.5. The number of hydrogen-bond acceptors (Lipinski definition) is 5. The molecular weight excluding hydrogens is 292 g/mol. The summed E-state index contributed by atoms with van der Waals surface area (Å²) in [5.41, 5.74) is 2.66. The molecule has 120 valence electrons. The number of hydrogen-bond donors (Lipinski definition) is 1. The molecule has 0 spiro atoms. The van der Waals surface area contributed by atoms with Crippen molar-refractivity contribution in [2.24, 2.45) is 7.05 Å². The van der Waals surface area contributed by atoms with E-state index in [4.69, 9.17) is 9.72 Å². The molecule has 2 atom stereocenters. The molecule has 1 aliphatic rings. The molecule has 23 heavy (non-hydrogen) atoms. The first-order valence-electron chi connectivity index (χ1n) is 7.90. The van der Waals surface area contributed by atoms with Crippen LogP contribution in [0.15, 0.2) is 30.9 Å². The van der Waals surface area contributed by atoms with Gasteiger partial charge in [0.05, 0.1) is 24.3 Å². The van der Waals surface area contributed by atoms with Gasteiger partial charge in [0, 0.05) is 24.8 Å². The van der Waals surface area contributed by atoms with Gasteiger partial charge in [-0.05, 0) is 32.4 Å². The predicted octanol–water partition coefficient (Wildman–Crippen LogP) is 1.65. The molecule has 0 amide bonds. The quantitative estimate of drug-likeness (QED) is 0.793. The Kier molecular flexibility index (Phi) is 3.49. The van der Waals surface area contributed by atoms with Crippen LogP contribution in [0.2, 0.25) is 0 Å². The van der Waals surface area contributed by atoms with Gasteiger partial charge in [0.1, 0.15) is 11.6 Å². The van der Waals surface area contributed by atoms with E-state index in [1.54, 1.807) is 17.1 Å². The van der Waals surface area contributed by atoms with Crippen LogP contribution in [0, 0.1) is 0 Å². The van der Waals surface area contributed by atoms with Gasteiger partial charge in [-0.2, -0.15) is 10.2 Å². The Morgan fingerprint density at radius 3 is 2.91 bits per heavy atom. The molecule has 0 aliphatic heterocycles. The number of nitrogens with zero attached hydrogens (tertiary/aromatic N) is 5. The number of rotatable bonds is 4. The minimum atomic E-state index is 0.197. The highest BCUT2D eigenvalue weighted by Gasteiger charge is 2.26. The average molecular weight is 312 g/mol. The minimum absolute atomic E-state index is 0.197. The van der Waals surface area contributed by atoms with Crippen LogP contribution in [0.25, 0.3) is 16.8 Å². The standard InChI is InChI=1S/C16H20N6O/c1-17-12-3-4-13(7-12)23-16-15-5-6-18-22(15)10-14(20-16)11-8-19-21(2)9-11/h5-6,8-10,12-13,17H,3-4,7H2,1-2H3/t12-,13+/m0/s1. The summed E-state index contributed by atoms with van der Waals surface area (Å²) >= 11 is 0. The lowest BCUT2D eigenvalue weighted by Gasteiger charge is -2.15. The predicted molar refractivity (Wildman–Crippen MR) is 86.3 cm³/mol. The van der Waals surface area contributed by atoms with E-state index >= 15 is 0 Å². The Morgan fingerprint density at radius 1 is 1.26 bits per heavy atom. The first-order valence-corrected chi connectivity index (χ1v) is 7.90. The molecule has 1 fully saturated rings. The molecule has 0 bridgehead atoms. The van der Waals surface area contributed by atoms with Crippen molar-refractivity contribution in [1.29, 1.82) is 0 Å². The summed E-state index contributed by atoms with van der Waals surface area (Å²) in [5.74, 6) is 0.644. The molecule has 3 heterocycles. The zero-order chi connectivity index (χ0) is 15.8. The van der Waals surface area contributed by atoms with E-state index < -0.39 is 0 Å². The summed E-state index contributed by atoms with van der Waals surface area (Å²) in [5, 5.41) is 11.9. The van der Waals surface area contributed by atoms with Gasteiger partial charge in [0.2, 0.25) is 5.88 Å². The minimum Gasteiger partial charge on any atom is -0.473 e. The molecule has 3 aromatic rings. The monoisotopic (exact) mass is 312 g/mol. The van der Waals surface area contributed by atoms with Crippen molar-refractivity contribution < 1.29 is 4.74 Å². The summed E-state index contributed by atoms with van der Waals surface area (Å²) in [6.45, 7) is 0. The molecule has 1 saturated carbocycles. The molecule has 4 rings (SSSR count). The van der Waals surface area contributed by atoms with Gasteiger partial charge in [-0.25, -0.2) is 9.50 Å². The number of aryl methyl sites for hydroxylation is 1. The lowest BCUT2D eigenvalue weighted by atomic mass is 10.2. The first kappa shape index (κ1) is 14.2. The van der Waals surface area contributed by atoms with Crippen LogP contribution in [0.3, 0.4) is 0 Å². The van der Waals surface area contributed by atoms with E-state index in [2.05, 4.69) is 15.5 Å². The molecule has 1 N–H and O–H groups in total. The maximum atomic E-state index is 6.21. The summed E-state index contributed by atoms with van der Waals surface area (Å²) < 4.78 is 9.79. The SMILES string of the molecule is CN[C@H]1CC[C@@H](Oc2nc(-c3cnn(C)c3)cn3nccc23)C1. The van der Waals surface area contributed by atoms with Crippen LogP contribution < -0.4 is 10.1 Å². The largest absolute Gasteiger partial charge is 0.473 e. The van der Waals surface area contributed by atoms with Crippen molar-refractivity contribution in [2.75, 3.05) is 7.05 Å². The van der Waals surface area contributed by atoms with Crippen molar-refractivity contribution in [2.45, 2.75) is 31.4 Å². The fourth-order valence-corrected chi connectivity index (χ4v) is 3.14. The van der Waals surface area contributed by atoms with Gasteiger partial charge < -0.3 is 10.1 Å². The Labute approximate surface area is 134 Å². The second-order valence-electron chi connectivity index (χ2n) is 6.03. The van der Waals surface area contributed by atoms with E-state index in [-0.39, 0.29) is 6.10 Å². The number of aromatic nitrogens is 5. The summed E-state index contributed by atoms with van der Waals surface area (Å²) in [6, 6.07) is 2.46. The molecule has 0 radical (unpaired) electrons. The maximum absolute atomic E-state index is 6.21. The van der Waals surface area contributed by atoms with Gasteiger partial charge in [-0.3, -0.25) is 4.68 Å². The van der Waals surface area contributed by atoms with Gasteiger partial charge in [0.25, 0.3) is 0 Å². The topological polar surface area (TPSA) is 69.3 Å². The van der Waals surface area contributed by atoms with Crippen molar-refractivity contribution in [3.05, 3.63) is 30.9 Å². The summed E-state index contributed by atoms with van der Waals surface area (Å²) in [6.07, 6.45) is 10.8. The fourth-order valence-electron chi connectivity index (χ4n) is 3.14. The maximum Gasteiger partial charge on any atom is 0.240 e. The van der Waals surface area contributed by atoms with Crippen LogP contribution in [0.1, 0.15) is 19.3 Å². The van der Waals surface area contributed by atoms with E-state index in [1.165, 1.54) is 0 Å². The Hall–Kier alpha value is -2.41. The average Bonchev–Trinajstić information content (AvgIpc) is 3.26. The second-order valence-corrected chi connectivity index (χ2v) is 6.03. The molecule has 0 unspecified atom stereocenters. The smallest absolute Gasteiger partial charge is 0.240 e.